The topological polar surface area (TPSA) is 51.2 Å². The summed E-state index contributed by atoms with van der Waals surface area (Å²) in [7, 11) is 0. The number of fused-ring (bicyclic) bond motifs is 1. The summed E-state index contributed by atoms with van der Waals surface area (Å²) in [6.45, 7) is 0.576. The van der Waals surface area contributed by atoms with Gasteiger partial charge in [-0.3, -0.25) is 9.78 Å². The molecule has 1 aliphatic rings. The Morgan fingerprint density at radius 3 is 2.90 bits per heavy atom. The summed E-state index contributed by atoms with van der Waals surface area (Å²) in [5, 5.41) is 3.82. The fourth-order valence-electron chi connectivity index (χ4n) is 3.14. The number of rotatable bonds is 6. The highest BCUT2D eigenvalue weighted by atomic mass is 79.9. The molecule has 2 heterocycles. The quantitative estimate of drug-likeness (QED) is 0.284. The van der Waals surface area contributed by atoms with Crippen LogP contribution in [0.5, 0.6) is 5.75 Å². The second-order valence-corrected chi connectivity index (χ2v) is 9.11. The number of amides is 1. The molecule has 1 aromatic heterocycles. The molecule has 4 rings (SSSR count). The Morgan fingerprint density at radius 2 is 2.07 bits per heavy atom. The van der Waals surface area contributed by atoms with E-state index in [1.54, 1.807) is 0 Å². The van der Waals surface area contributed by atoms with Gasteiger partial charge in [0.25, 0.3) is 5.91 Å². The average Bonchev–Trinajstić information content (AvgIpc) is 3.03. The number of para-hydroxylation sites is 1. The predicted molar refractivity (Wildman–Crippen MR) is 126 cm³/mol. The second-order valence-electron chi connectivity index (χ2n) is 6.47. The monoisotopic (exact) mass is 484 g/mol. The zero-order valence-corrected chi connectivity index (χ0v) is 18.6. The lowest BCUT2D eigenvalue weighted by Gasteiger charge is -2.11. The number of hydrogen-bond donors (Lipinski definition) is 1. The molecule has 1 amide bonds. The van der Waals surface area contributed by atoms with Crippen LogP contribution in [0, 0.1) is 0 Å². The van der Waals surface area contributed by atoms with Crippen molar-refractivity contribution in [2.75, 3.05) is 6.61 Å². The maximum Gasteiger partial charge on any atom is 0.263 e. The minimum atomic E-state index is -0.171. The summed E-state index contributed by atoms with van der Waals surface area (Å²) < 4.78 is 7.44. The number of nitrogens with zero attached hydrogens (tertiary/aromatic N) is 1. The zero-order chi connectivity index (χ0) is 20.2. The molecule has 0 bridgehead atoms. The van der Waals surface area contributed by atoms with Gasteiger partial charge in [-0.05, 0) is 54.8 Å². The lowest BCUT2D eigenvalue weighted by atomic mass is 10.1. The van der Waals surface area contributed by atoms with Crippen LogP contribution in [-0.4, -0.2) is 21.8 Å². The lowest BCUT2D eigenvalue weighted by Crippen LogP contribution is -2.17. The van der Waals surface area contributed by atoms with E-state index in [4.69, 9.17) is 17.0 Å². The minimum absolute atomic E-state index is 0.171. The normalized spacial score (nSPS) is 15.1. The van der Waals surface area contributed by atoms with Gasteiger partial charge in [0.2, 0.25) is 0 Å². The summed E-state index contributed by atoms with van der Waals surface area (Å²) in [5.74, 6) is 0.571. The zero-order valence-electron chi connectivity index (χ0n) is 15.4. The molecular weight excluding hydrogens is 468 g/mol. The lowest BCUT2D eigenvalue weighted by molar-refractivity contribution is -0.115. The van der Waals surface area contributed by atoms with Crippen molar-refractivity contribution in [2.45, 2.75) is 12.8 Å². The van der Waals surface area contributed by atoms with Crippen molar-refractivity contribution < 1.29 is 9.53 Å². The smallest absolute Gasteiger partial charge is 0.263 e. The van der Waals surface area contributed by atoms with Crippen molar-refractivity contribution in [1.82, 2.24) is 10.3 Å². The van der Waals surface area contributed by atoms with E-state index >= 15 is 0 Å². The Kier molecular flexibility index (Phi) is 6.28. The first-order valence-corrected chi connectivity index (χ1v) is 11.1. The van der Waals surface area contributed by atoms with Gasteiger partial charge in [0.1, 0.15) is 10.1 Å². The highest BCUT2D eigenvalue weighted by Crippen LogP contribution is 2.31. The molecule has 0 saturated carbocycles. The number of thiocarbonyl (C=S) groups is 1. The fourth-order valence-corrected chi connectivity index (χ4v) is 4.56. The first-order chi connectivity index (χ1) is 14.1. The molecule has 1 saturated heterocycles. The van der Waals surface area contributed by atoms with Crippen molar-refractivity contribution in [3.05, 3.63) is 75.2 Å². The molecule has 0 aliphatic carbocycles. The van der Waals surface area contributed by atoms with E-state index in [0.29, 0.717) is 15.8 Å². The molecule has 4 nitrogen and oxygen atoms in total. The van der Waals surface area contributed by atoms with Crippen molar-refractivity contribution in [3.8, 4) is 5.75 Å². The molecule has 29 heavy (non-hydrogen) atoms. The number of aryl methyl sites for hydroxylation is 1. The number of hydrogen-bond acceptors (Lipinski definition) is 5. The first kappa shape index (κ1) is 20.1. The van der Waals surface area contributed by atoms with E-state index in [0.717, 1.165) is 34.1 Å². The molecule has 0 unspecified atom stereocenters. The van der Waals surface area contributed by atoms with Crippen LogP contribution in [0.25, 0.3) is 17.0 Å². The van der Waals surface area contributed by atoms with Crippen molar-refractivity contribution in [2.24, 2.45) is 0 Å². The number of nitrogens with one attached hydrogen (secondary N) is 1. The number of carbonyl (C=O) groups is 1. The number of aromatic nitrogens is 1. The van der Waals surface area contributed by atoms with Crippen LogP contribution in [-0.2, 0) is 11.2 Å². The van der Waals surface area contributed by atoms with E-state index in [-0.39, 0.29) is 5.91 Å². The number of ether oxygens (including phenoxy) is 1. The summed E-state index contributed by atoms with van der Waals surface area (Å²) in [6.07, 6.45) is 5.45. The Morgan fingerprint density at radius 1 is 1.21 bits per heavy atom. The van der Waals surface area contributed by atoms with Crippen LogP contribution in [0.1, 0.15) is 17.5 Å². The standard InChI is InChI=1S/C22H17BrN2O2S2/c23-16-7-8-19(15(12-16)13-20-21(26)25-22(28)29-20)27-11-3-4-14-9-10-24-18-6-2-1-5-17(14)18/h1-2,5-10,12-13H,3-4,11H2,(H,25,26,28). The molecule has 0 atom stereocenters. The molecule has 1 N–H and O–H groups in total. The predicted octanol–water partition coefficient (Wildman–Crippen LogP) is 5.50. The fraction of sp³-hybridized carbons (Fsp3) is 0.136. The van der Waals surface area contributed by atoms with Crippen LogP contribution in [0.3, 0.4) is 0 Å². The number of pyridine rings is 1. The van der Waals surface area contributed by atoms with Gasteiger partial charge in [-0.15, -0.1) is 0 Å². The molecule has 7 heteroatoms. The summed E-state index contributed by atoms with van der Waals surface area (Å²) >= 11 is 9.81. The molecule has 3 aromatic rings. The van der Waals surface area contributed by atoms with E-state index in [9.17, 15) is 4.79 Å². The van der Waals surface area contributed by atoms with Gasteiger partial charge in [0, 0.05) is 21.6 Å². The molecule has 0 spiro atoms. The first-order valence-electron chi connectivity index (χ1n) is 9.10. The Bertz CT molecular complexity index is 1130. The van der Waals surface area contributed by atoms with Gasteiger partial charge in [0.05, 0.1) is 17.0 Å². The summed E-state index contributed by atoms with van der Waals surface area (Å²) in [5.41, 5.74) is 3.12. The van der Waals surface area contributed by atoms with Crippen LogP contribution in [0.15, 0.2) is 64.1 Å². The van der Waals surface area contributed by atoms with Gasteiger partial charge < -0.3 is 10.1 Å². The van der Waals surface area contributed by atoms with E-state index < -0.39 is 0 Å². The largest absolute Gasteiger partial charge is 0.493 e. The molecule has 146 valence electrons. The van der Waals surface area contributed by atoms with Gasteiger partial charge in [-0.1, -0.05) is 58.1 Å². The van der Waals surface area contributed by atoms with Gasteiger partial charge in [0.15, 0.2) is 0 Å². The number of thioether (sulfide) groups is 1. The Hall–Kier alpha value is -2.22. The molecule has 2 aromatic carbocycles. The van der Waals surface area contributed by atoms with Crippen molar-refractivity contribution >= 4 is 67.1 Å². The third-order valence-corrected chi connectivity index (χ3v) is 6.14. The van der Waals surface area contributed by atoms with Gasteiger partial charge in [-0.25, -0.2) is 0 Å². The summed E-state index contributed by atoms with van der Waals surface area (Å²) in [4.78, 5) is 16.9. The molecule has 1 aliphatic heterocycles. The Labute approximate surface area is 186 Å². The van der Waals surface area contributed by atoms with Gasteiger partial charge >= 0.3 is 0 Å². The SMILES string of the molecule is O=C1NC(=S)SC1=Cc1cc(Br)ccc1OCCCc1ccnc2ccccc12. The maximum atomic E-state index is 12.0. The number of carbonyl (C=O) groups excluding carboxylic acids is 1. The van der Waals surface area contributed by atoms with Crippen LogP contribution >= 0.6 is 39.9 Å². The van der Waals surface area contributed by atoms with Crippen LogP contribution < -0.4 is 10.1 Å². The highest BCUT2D eigenvalue weighted by molar-refractivity contribution is 9.10. The van der Waals surface area contributed by atoms with Crippen LogP contribution in [0.2, 0.25) is 0 Å². The molecule has 1 fully saturated rings. The average molecular weight is 485 g/mol. The van der Waals surface area contributed by atoms with E-state index in [1.165, 1.54) is 22.7 Å². The van der Waals surface area contributed by atoms with Gasteiger partial charge in [-0.2, -0.15) is 0 Å². The third-order valence-electron chi connectivity index (χ3n) is 4.49. The Balaban J connectivity index is 1.44. The van der Waals surface area contributed by atoms with E-state index in [2.05, 4.69) is 38.4 Å². The molecular formula is C22H17BrN2O2S2. The number of halogens is 1. The van der Waals surface area contributed by atoms with Crippen molar-refractivity contribution in [1.29, 1.82) is 0 Å². The maximum absolute atomic E-state index is 12.0. The molecule has 0 radical (unpaired) electrons. The van der Waals surface area contributed by atoms with E-state index in [1.807, 2.05) is 48.7 Å². The number of benzene rings is 2. The minimum Gasteiger partial charge on any atom is -0.493 e. The third kappa shape index (κ3) is 4.86. The summed E-state index contributed by atoms with van der Waals surface area (Å²) in [6, 6.07) is 16.0. The van der Waals surface area contributed by atoms with Crippen LogP contribution in [0.4, 0.5) is 0 Å². The van der Waals surface area contributed by atoms with Crippen molar-refractivity contribution in [3.63, 3.8) is 0 Å². The highest BCUT2D eigenvalue weighted by Gasteiger charge is 2.22. The second kappa shape index (κ2) is 9.07.